The summed E-state index contributed by atoms with van der Waals surface area (Å²) < 4.78 is 10.2. The molecule has 0 bridgehead atoms. The number of esters is 1. The molecule has 0 atom stereocenters. The standard InChI is InChI=1S/C15H11Cl2NO5/c16-11-3-6-14(13(17)7-11)22-9-15(19)23-8-10-1-4-12(5-2-10)18(20)21/h1-7H,8-9H2. The van der Waals surface area contributed by atoms with Gasteiger partial charge in [-0.2, -0.15) is 0 Å². The van der Waals surface area contributed by atoms with Gasteiger partial charge in [-0.25, -0.2) is 4.79 Å². The van der Waals surface area contributed by atoms with Crippen molar-refractivity contribution in [3.05, 3.63) is 68.2 Å². The van der Waals surface area contributed by atoms with Crippen LogP contribution in [-0.4, -0.2) is 17.5 Å². The van der Waals surface area contributed by atoms with Gasteiger partial charge in [-0.3, -0.25) is 10.1 Å². The molecule has 0 aliphatic heterocycles. The zero-order chi connectivity index (χ0) is 16.8. The minimum absolute atomic E-state index is 0.00542. The number of carbonyl (C=O) groups excluding carboxylic acids is 1. The Bertz CT molecular complexity index is 718. The lowest BCUT2D eigenvalue weighted by atomic mass is 10.2. The number of benzene rings is 2. The summed E-state index contributed by atoms with van der Waals surface area (Å²) in [6.45, 7) is -0.317. The van der Waals surface area contributed by atoms with Crippen molar-refractivity contribution in [2.45, 2.75) is 6.61 Å². The highest BCUT2D eigenvalue weighted by Crippen LogP contribution is 2.27. The van der Waals surface area contributed by atoms with Crippen molar-refractivity contribution in [2.24, 2.45) is 0 Å². The van der Waals surface area contributed by atoms with E-state index in [4.69, 9.17) is 32.7 Å². The Hall–Kier alpha value is -2.31. The van der Waals surface area contributed by atoms with E-state index < -0.39 is 10.9 Å². The Kier molecular flexibility index (Phi) is 5.78. The number of hydrogen-bond acceptors (Lipinski definition) is 5. The summed E-state index contributed by atoms with van der Waals surface area (Å²) in [5, 5.41) is 11.3. The number of nitrogens with zero attached hydrogens (tertiary/aromatic N) is 1. The molecule has 0 radical (unpaired) electrons. The monoisotopic (exact) mass is 355 g/mol. The number of carbonyl (C=O) groups is 1. The van der Waals surface area contributed by atoms with Crippen LogP contribution < -0.4 is 4.74 Å². The van der Waals surface area contributed by atoms with E-state index in [1.54, 1.807) is 12.1 Å². The smallest absolute Gasteiger partial charge is 0.344 e. The average Bonchev–Trinajstić information content (AvgIpc) is 2.52. The van der Waals surface area contributed by atoms with Crippen molar-refractivity contribution in [3.63, 3.8) is 0 Å². The molecule has 0 aliphatic carbocycles. The fourth-order valence-corrected chi connectivity index (χ4v) is 2.11. The van der Waals surface area contributed by atoms with Crippen molar-refractivity contribution in [1.29, 1.82) is 0 Å². The first-order chi connectivity index (χ1) is 11.0. The topological polar surface area (TPSA) is 78.7 Å². The third-order valence-corrected chi connectivity index (χ3v) is 3.32. The highest BCUT2D eigenvalue weighted by molar-refractivity contribution is 6.35. The molecule has 0 aromatic heterocycles. The Labute approximate surface area is 141 Å². The van der Waals surface area contributed by atoms with Gasteiger partial charge >= 0.3 is 5.97 Å². The number of halogens is 2. The molecule has 0 heterocycles. The lowest BCUT2D eigenvalue weighted by molar-refractivity contribution is -0.384. The average molecular weight is 356 g/mol. The number of hydrogen-bond donors (Lipinski definition) is 0. The molecule has 0 fully saturated rings. The van der Waals surface area contributed by atoms with Crippen molar-refractivity contribution in [1.82, 2.24) is 0 Å². The van der Waals surface area contributed by atoms with Crippen LogP contribution in [0.25, 0.3) is 0 Å². The molecule has 6 nitrogen and oxygen atoms in total. The number of rotatable bonds is 6. The first kappa shape index (κ1) is 17.1. The van der Waals surface area contributed by atoms with Crippen LogP contribution in [0.15, 0.2) is 42.5 Å². The largest absolute Gasteiger partial charge is 0.480 e. The molecule has 2 aromatic carbocycles. The summed E-state index contributed by atoms with van der Waals surface area (Å²) >= 11 is 11.7. The second-order valence-electron chi connectivity index (χ2n) is 4.45. The van der Waals surface area contributed by atoms with Crippen LogP contribution in [-0.2, 0) is 16.1 Å². The third-order valence-electron chi connectivity index (χ3n) is 2.79. The first-order valence-corrected chi connectivity index (χ1v) is 7.18. The number of ether oxygens (including phenoxy) is 2. The van der Waals surface area contributed by atoms with Gasteiger partial charge in [-0.1, -0.05) is 23.2 Å². The van der Waals surface area contributed by atoms with Gasteiger partial charge in [0.1, 0.15) is 12.4 Å². The minimum Gasteiger partial charge on any atom is -0.480 e. The summed E-state index contributed by atoms with van der Waals surface area (Å²) in [5.74, 6) is -0.266. The van der Waals surface area contributed by atoms with E-state index in [2.05, 4.69) is 0 Å². The molecule has 120 valence electrons. The molecular formula is C15H11Cl2NO5. The fourth-order valence-electron chi connectivity index (χ4n) is 1.65. The molecule has 2 aromatic rings. The molecule has 0 spiro atoms. The minimum atomic E-state index is -0.589. The van der Waals surface area contributed by atoms with Gasteiger partial charge in [-0.15, -0.1) is 0 Å². The van der Waals surface area contributed by atoms with Gasteiger partial charge in [0.25, 0.3) is 5.69 Å². The van der Waals surface area contributed by atoms with Crippen molar-refractivity contribution in [2.75, 3.05) is 6.61 Å². The maximum atomic E-state index is 11.6. The van der Waals surface area contributed by atoms with E-state index in [1.165, 1.54) is 30.3 Å². The summed E-state index contributed by atoms with van der Waals surface area (Å²) in [5.41, 5.74) is 0.606. The van der Waals surface area contributed by atoms with Crippen LogP contribution in [0, 0.1) is 10.1 Å². The normalized spacial score (nSPS) is 10.2. The van der Waals surface area contributed by atoms with Crippen LogP contribution in [0.3, 0.4) is 0 Å². The maximum Gasteiger partial charge on any atom is 0.344 e. The summed E-state index contributed by atoms with van der Waals surface area (Å²) in [6.07, 6.45) is 0. The van der Waals surface area contributed by atoms with Crippen LogP contribution in [0.2, 0.25) is 10.0 Å². The highest BCUT2D eigenvalue weighted by Gasteiger charge is 2.09. The zero-order valence-corrected chi connectivity index (χ0v) is 13.2. The number of nitro benzene ring substituents is 1. The second kappa shape index (κ2) is 7.80. The van der Waals surface area contributed by atoms with Gasteiger partial charge in [0.05, 0.1) is 9.95 Å². The van der Waals surface area contributed by atoms with E-state index in [-0.39, 0.29) is 18.9 Å². The lowest BCUT2D eigenvalue weighted by Crippen LogP contribution is -2.14. The fraction of sp³-hybridized carbons (Fsp3) is 0.133. The molecule has 8 heteroatoms. The summed E-state index contributed by atoms with van der Waals surface area (Å²) in [7, 11) is 0. The number of nitro groups is 1. The van der Waals surface area contributed by atoms with E-state index in [0.717, 1.165) is 0 Å². The van der Waals surface area contributed by atoms with Gasteiger partial charge in [0.2, 0.25) is 0 Å². The van der Waals surface area contributed by atoms with Crippen LogP contribution in [0.4, 0.5) is 5.69 Å². The maximum absolute atomic E-state index is 11.6. The molecule has 0 aliphatic rings. The molecule has 0 amide bonds. The highest BCUT2D eigenvalue weighted by atomic mass is 35.5. The first-order valence-electron chi connectivity index (χ1n) is 6.42. The number of non-ortho nitro benzene ring substituents is 1. The molecular weight excluding hydrogens is 345 g/mol. The summed E-state index contributed by atoms with van der Waals surface area (Å²) in [4.78, 5) is 21.6. The third kappa shape index (κ3) is 5.12. The SMILES string of the molecule is O=C(COc1ccc(Cl)cc1Cl)OCc1ccc([N+](=O)[O-])cc1. The van der Waals surface area contributed by atoms with Crippen LogP contribution >= 0.6 is 23.2 Å². The molecule has 23 heavy (non-hydrogen) atoms. The van der Waals surface area contributed by atoms with Gasteiger partial charge in [0, 0.05) is 17.2 Å². The molecule has 0 saturated heterocycles. The predicted octanol–water partition coefficient (Wildman–Crippen LogP) is 4.02. The Morgan fingerprint density at radius 3 is 2.43 bits per heavy atom. The lowest BCUT2D eigenvalue weighted by Gasteiger charge is -2.08. The quantitative estimate of drug-likeness (QED) is 0.444. The van der Waals surface area contributed by atoms with E-state index in [9.17, 15) is 14.9 Å². The molecule has 2 rings (SSSR count). The van der Waals surface area contributed by atoms with Crippen molar-refractivity contribution in [3.8, 4) is 5.75 Å². The predicted molar refractivity (Wildman–Crippen MR) is 84.8 cm³/mol. The Morgan fingerprint density at radius 1 is 1.13 bits per heavy atom. The van der Waals surface area contributed by atoms with Gasteiger partial charge in [0.15, 0.2) is 6.61 Å². The molecule has 0 unspecified atom stereocenters. The van der Waals surface area contributed by atoms with E-state index >= 15 is 0 Å². The Morgan fingerprint density at radius 2 is 1.83 bits per heavy atom. The summed E-state index contributed by atoms with van der Waals surface area (Å²) in [6, 6.07) is 10.4. The van der Waals surface area contributed by atoms with Gasteiger partial charge in [-0.05, 0) is 35.9 Å². The van der Waals surface area contributed by atoms with Crippen molar-refractivity contribution < 1.29 is 19.2 Å². The van der Waals surface area contributed by atoms with E-state index in [0.29, 0.717) is 21.4 Å². The Balaban J connectivity index is 1.82. The van der Waals surface area contributed by atoms with Crippen LogP contribution in [0.1, 0.15) is 5.56 Å². The molecule has 0 saturated carbocycles. The van der Waals surface area contributed by atoms with Crippen molar-refractivity contribution >= 4 is 34.9 Å². The second-order valence-corrected chi connectivity index (χ2v) is 5.29. The van der Waals surface area contributed by atoms with E-state index in [1.807, 2.05) is 0 Å². The molecule has 0 N–H and O–H groups in total. The zero-order valence-electron chi connectivity index (χ0n) is 11.7. The van der Waals surface area contributed by atoms with Gasteiger partial charge < -0.3 is 9.47 Å². The van der Waals surface area contributed by atoms with Crippen LogP contribution in [0.5, 0.6) is 5.75 Å².